The lowest BCUT2D eigenvalue weighted by Crippen LogP contribution is -2.61. The first-order valence-electron chi connectivity index (χ1n) is 10.3. The van der Waals surface area contributed by atoms with Gasteiger partial charge in [0.2, 0.25) is 0 Å². The van der Waals surface area contributed by atoms with Crippen LogP contribution in [0.3, 0.4) is 0 Å². The van der Waals surface area contributed by atoms with E-state index in [1.54, 1.807) is 91.0 Å². The van der Waals surface area contributed by atoms with Crippen LogP contribution in [0, 0.1) is 0 Å². The first kappa shape index (κ1) is 26.6. The number of halogens is 9. The summed E-state index contributed by atoms with van der Waals surface area (Å²) in [6, 6.07) is 24.2. The number of alkyl halides is 9. The van der Waals surface area contributed by atoms with Crippen molar-refractivity contribution in [3.05, 3.63) is 108 Å². The fourth-order valence-electron chi connectivity index (χ4n) is 3.67. The number of hydrogen-bond donors (Lipinski definition) is 0. The zero-order valence-electron chi connectivity index (χ0n) is 17.9. The van der Waals surface area contributed by atoms with Gasteiger partial charge in [-0.05, 0) is 16.7 Å². The fraction of sp³-hybridized carbons (Fsp3) is 0.280. The summed E-state index contributed by atoms with van der Waals surface area (Å²) in [5.41, 5.74) is -0.462. The molecular weight excluding hydrogens is 487 g/mol. The van der Waals surface area contributed by atoms with Crippen molar-refractivity contribution >= 4 is 0 Å². The molecule has 0 radical (unpaired) electrons. The Morgan fingerprint density at radius 3 is 1.14 bits per heavy atom. The van der Waals surface area contributed by atoms with Crippen LogP contribution < -0.4 is 0 Å². The minimum atomic E-state index is -6.95. The third-order valence-corrected chi connectivity index (χ3v) is 5.49. The summed E-state index contributed by atoms with van der Waals surface area (Å²) in [6.45, 7) is -1.27. The van der Waals surface area contributed by atoms with Crippen LogP contribution in [0.25, 0.3) is 0 Å². The smallest absolute Gasteiger partial charge is 0.361 e. The first-order valence-corrected chi connectivity index (χ1v) is 10.3. The van der Waals surface area contributed by atoms with Crippen LogP contribution in [0.2, 0.25) is 0 Å². The maximum Gasteiger partial charge on any atom is 0.460 e. The predicted molar refractivity (Wildman–Crippen MR) is 111 cm³/mol. The first-order chi connectivity index (χ1) is 16.3. The van der Waals surface area contributed by atoms with E-state index in [1.165, 1.54) is 0 Å². The Labute approximate surface area is 195 Å². The van der Waals surface area contributed by atoms with Crippen molar-refractivity contribution in [2.75, 3.05) is 6.61 Å². The van der Waals surface area contributed by atoms with Crippen molar-refractivity contribution in [2.24, 2.45) is 0 Å². The highest BCUT2D eigenvalue weighted by Gasteiger charge is 2.81. The van der Waals surface area contributed by atoms with E-state index >= 15 is 0 Å². The summed E-state index contributed by atoms with van der Waals surface area (Å²) in [6.07, 6.45) is -8.97. The van der Waals surface area contributed by atoms with Gasteiger partial charge in [-0.25, -0.2) is 0 Å². The molecule has 10 heteroatoms. The van der Waals surface area contributed by atoms with Gasteiger partial charge in [0, 0.05) is 6.42 Å². The molecule has 35 heavy (non-hydrogen) atoms. The Morgan fingerprint density at radius 1 is 0.486 bits per heavy atom. The summed E-state index contributed by atoms with van der Waals surface area (Å²) >= 11 is 0. The summed E-state index contributed by atoms with van der Waals surface area (Å²) in [5.74, 6) is -19.4. The van der Waals surface area contributed by atoms with Crippen LogP contribution in [-0.2, 0) is 10.3 Å². The molecule has 0 aliphatic carbocycles. The van der Waals surface area contributed by atoms with Gasteiger partial charge in [0.1, 0.15) is 5.60 Å². The number of ether oxygens (including phenoxy) is 1. The average Bonchev–Trinajstić information content (AvgIpc) is 2.82. The Kier molecular flexibility index (Phi) is 7.26. The molecule has 0 fully saturated rings. The fourth-order valence-corrected chi connectivity index (χ4v) is 3.67. The second-order valence-corrected chi connectivity index (χ2v) is 7.73. The molecule has 0 bridgehead atoms. The lowest BCUT2D eigenvalue weighted by molar-refractivity contribution is -0.397. The van der Waals surface area contributed by atoms with E-state index in [9.17, 15) is 39.5 Å². The Bertz CT molecular complexity index is 986. The minimum Gasteiger partial charge on any atom is -0.361 e. The Balaban J connectivity index is 2.03. The van der Waals surface area contributed by atoms with Gasteiger partial charge in [-0.1, -0.05) is 91.0 Å². The summed E-state index contributed by atoms with van der Waals surface area (Å²) in [4.78, 5) is 0. The van der Waals surface area contributed by atoms with Gasteiger partial charge < -0.3 is 4.74 Å². The van der Waals surface area contributed by atoms with Crippen molar-refractivity contribution in [1.29, 1.82) is 0 Å². The van der Waals surface area contributed by atoms with Crippen LogP contribution in [0.1, 0.15) is 23.1 Å². The molecule has 3 aromatic carbocycles. The van der Waals surface area contributed by atoms with Gasteiger partial charge >= 0.3 is 23.9 Å². The summed E-state index contributed by atoms with van der Waals surface area (Å²) in [7, 11) is 0. The highest BCUT2D eigenvalue weighted by atomic mass is 19.4. The Hall–Kier alpha value is -3.01. The molecule has 0 heterocycles. The minimum absolute atomic E-state index is 0.396. The van der Waals surface area contributed by atoms with Crippen molar-refractivity contribution < 1.29 is 44.3 Å². The maximum atomic E-state index is 14.2. The monoisotopic (exact) mass is 506 g/mol. The van der Waals surface area contributed by atoms with Crippen LogP contribution in [0.5, 0.6) is 0 Å². The predicted octanol–water partition coefficient (Wildman–Crippen LogP) is 7.85. The molecule has 0 aliphatic rings. The number of hydrogen-bond acceptors (Lipinski definition) is 1. The third-order valence-electron chi connectivity index (χ3n) is 5.49. The van der Waals surface area contributed by atoms with Gasteiger partial charge in [-0.2, -0.15) is 39.5 Å². The molecule has 0 amide bonds. The van der Waals surface area contributed by atoms with E-state index in [1.807, 2.05) is 0 Å². The van der Waals surface area contributed by atoms with Crippen molar-refractivity contribution in [3.8, 4) is 0 Å². The molecule has 0 aliphatic heterocycles. The molecule has 0 aromatic heterocycles. The quantitative estimate of drug-likeness (QED) is 0.212. The second kappa shape index (κ2) is 9.56. The largest absolute Gasteiger partial charge is 0.460 e. The average molecular weight is 506 g/mol. The lowest BCUT2D eigenvalue weighted by Gasteiger charge is -2.37. The van der Waals surface area contributed by atoms with Gasteiger partial charge in [-0.3, -0.25) is 0 Å². The summed E-state index contributed by atoms with van der Waals surface area (Å²) in [5, 5.41) is 0. The molecule has 0 N–H and O–H groups in total. The number of benzene rings is 3. The molecule has 0 saturated heterocycles. The highest BCUT2D eigenvalue weighted by molar-refractivity contribution is 5.47. The second-order valence-electron chi connectivity index (χ2n) is 7.73. The standard InChI is InChI=1S/C25H19F9O/c26-21(27,23(28,29)24(30,31)25(32,33)34)16-17-35-22(18-10-4-1-5-11-18,19-12-6-2-7-13-19)20-14-8-3-9-15-20/h1-15H,16-17H2. The van der Waals surface area contributed by atoms with E-state index in [0.29, 0.717) is 16.7 Å². The zero-order valence-corrected chi connectivity index (χ0v) is 17.9. The van der Waals surface area contributed by atoms with Crippen molar-refractivity contribution in [2.45, 2.75) is 36.0 Å². The molecule has 1 nitrogen and oxygen atoms in total. The molecule has 188 valence electrons. The molecule has 3 rings (SSSR count). The molecule has 3 aromatic rings. The molecule has 0 atom stereocenters. The number of rotatable bonds is 9. The Morgan fingerprint density at radius 2 is 0.829 bits per heavy atom. The van der Waals surface area contributed by atoms with Crippen LogP contribution in [0.15, 0.2) is 91.0 Å². The van der Waals surface area contributed by atoms with E-state index in [0.717, 1.165) is 0 Å². The molecule has 0 saturated carbocycles. The van der Waals surface area contributed by atoms with Crippen LogP contribution in [0.4, 0.5) is 39.5 Å². The van der Waals surface area contributed by atoms with Gasteiger partial charge in [0.15, 0.2) is 0 Å². The maximum absolute atomic E-state index is 14.2. The van der Waals surface area contributed by atoms with E-state index in [4.69, 9.17) is 4.74 Å². The van der Waals surface area contributed by atoms with E-state index in [-0.39, 0.29) is 0 Å². The molecule has 0 spiro atoms. The lowest BCUT2D eigenvalue weighted by atomic mass is 9.80. The van der Waals surface area contributed by atoms with Crippen molar-refractivity contribution in [3.63, 3.8) is 0 Å². The zero-order chi connectivity index (χ0) is 26.0. The van der Waals surface area contributed by atoms with Gasteiger partial charge in [-0.15, -0.1) is 0 Å². The van der Waals surface area contributed by atoms with E-state index < -0.39 is 42.6 Å². The highest BCUT2D eigenvalue weighted by Crippen LogP contribution is 2.54. The van der Waals surface area contributed by atoms with Gasteiger partial charge in [0.25, 0.3) is 0 Å². The SMILES string of the molecule is FC(F)(F)C(F)(F)C(F)(F)C(F)(F)CCOC(c1ccccc1)(c1ccccc1)c1ccccc1. The third kappa shape index (κ3) is 4.76. The molecular formula is C25H19F9O. The van der Waals surface area contributed by atoms with Gasteiger partial charge in [0.05, 0.1) is 6.61 Å². The van der Waals surface area contributed by atoms with Crippen molar-refractivity contribution in [1.82, 2.24) is 0 Å². The van der Waals surface area contributed by atoms with Crippen LogP contribution >= 0.6 is 0 Å². The molecule has 0 unspecified atom stereocenters. The van der Waals surface area contributed by atoms with Crippen LogP contribution in [-0.4, -0.2) is 30.6 Å². The van der Waals surface area contributed by atoms with E-state index in [2.05, 4.69) is 0 Å². The normalized spacial score (nSPS) is 13.6. The summed E-state index contributed by atoms with van der Waals surface area (Å²) < 4.78 is 126. The topological polar surface area (TPSA) is 9.23 Å².